The van der Waals surface area contributed by atoms with Crippen molar-refractivity contribution in [2.45, 2.75) is 6.92 Å². The summed E-state index contributed by atoms with van der Waals surface area (Å²) in [5.74, 6) is -2.69. The lowest BCUT2D eigenvalue weighted by molar-refractivity contribution is -0.268. The van der Waals surface area contributed by atoms with Gasteiger partial charge in [-0.1, -0.05) is 17.9 Å². The smallest absolute Gasteiger partial charge is 0.344 e. The van der Waals surface area contributed by atoms with Gasteiger partial charge >= 0.3 is 11.9 Å². The lowest BCUT2D eigenvalue weighted by Crippen LogP contribution is -2.10. The molecule has 0 aliphatic heterocycles. The van der Waals surface area contributed by atoms with Crippen LogP contribution < -0.4 is 10.8 Å². The highest BCUT2D eigenvalue weighted by molar-refractivity contribution is 6.09. The Morgan fingerprint density at radius 2 is 1.86 bits per heavy atom. The van der Waals surface area contributed by atoms with Gasteiger partial charge in [0.15, 0.2) is 5.65 Å². The Balaban J connectivity index is 2.06. The van der Waals surface area contributed by atoms with E-state index in [0.29, 0.717) is 11.0 Å². The summed E-state index contributed by atoms with van der Waals surface area (Å²) in [6.07, 6.45) is 0. The molecule has 0 unspecified atom stereocenters. The predicted molar refractivity (Wildman–Crippen MR) is 103 cm³/mol. The number of aromatic carboxylic acids is 1. The summed E-state index contributed by atoms with van der Waals surface area (Å²) in [6.45, 7) is 1.81. The van der Waals surface area contributed by atoms with Gasteiger partial charge in [-0.25, -0.2) is 19.6 Å². The van der Waals surface area contributed by atoms with Crippen LogP contribution in [0.2, 0.25) is 0 Å². The van der Waals surface area contributed by atoms with Crippen molar-refractivity contribution < 1.29 is 24.5 Å². The maximum atomic E-state index is 12.5. The molecule has 146 valence electrons. The second-order valence-electron chi connectivity index (χ2n) is 6.19. The highest BCUT2D eigenvalue weighted by Gasteiger charge is 2.25. The number of benzene rings is 2. The quantitative estimate of drug-likeness (QED) is 0.503. The van der Waals surface area contributed by atoms with Crippen molar-refractivity contribution in [1.82, 2.24) is 14.5 Å². The molecule has 4 rings (SSSR count). The largest absolute Gasteiger partial charge is 0.872 e. The molecule has 9 nitrogen and oxygen atoms in total. The summed E-state index contributed by atoms with van der Waals surface area (Å²) in [4.78, 5) is 32.8. The first kappa shape index (κ1) is 18.2. The van der Waals surface area contributed by atoms with Crippen LogP contribution in [0.4, 0.5) is 5.82 Å². The van der Waals surface area contributed by atoms with E-state index in [1.807, 2.05) is 0 Å². The number of hydrogen-bond acceptors (Lipinski definition) is 7. The van der Waals surface area contributed by atoms with Crippen LogP contribution in [0.5, 0.6) is 5.75 Å². The first-order valence-corrected chi connectivity index (χ1v) is 8.71. The number of nitrogens with two attached hydrogens (primary N) is 1. The summed E-state index contributed by atoms with van der Waals surface area (Å²) in [5.41, 5.74) is 7.81. The highest BCUT2D eigenvalue weighted by Crippen LogP contribution is 2.32. The molecule has 0 aliphatic carbocycles. The fourth-order valence-corrected chi connectivity index (χ4v) is 3.15. The van der Waals surface area contributed by atoms with Crippen LogP contribution in [0.3, 0.4) is 0 Å². The number of aromatic nitrogens is 3. The third-order valence-electron chi connectivity index (χ3n) is 4.43. The molecule has 0 spiro atoms. The lowest BCUT2D eigenvalue weighted by atomic mass is 10.2. The number of fused-ring (bicyclic) bond motifs is 2. The third-order valence-corrected chi connectivity index (χ3v) is 4.43. The number of carboxylic acids is 1. The second kappa shape index (κ2) is 6.79. The number of nitrogen functional groups attached to an aromatic ring is 1. The molecule has 0 amide bonds. The van der Waals surface area contributed by atoms with Crippen molar-refractivity contribution in [3.8, 4) is 11.4 Å². The molecule has 4 aromatic rings. The molecule has 3 N–H and O–H groups in total. The molecule has 2 heterocycles. The van der Waals surface area contributed by atoms with Gasteiger partial charge in [-0.3, -0.25) is 4.57 Å². The minimum absolute atomic E-state index is 0.00349. The first-order valence-electron chi connectivity index (χ1n) is 8.71. The molecular weight excluding hydrogens is 376 g/mol. The Morgan fingerprint density at radius 3 is 2.48 bits per heavy atom. The van der Waals surface area contributed by atoms with Crippen molar-refractivity contribution in [3.63, 3.8) is 0 Å². The van der Waals surface area contributed by atoms with Crippen LogP contribution in [0.25, 0.3) is 27.9 Å². The highest BCUT2D eigenvalue weighted by atomic mass is 16.5. The topological polar surface area (TPSA) is 143 Å². The van der Waals surface area contributed by atoms with E-state index in [0.717, 1.165) is 6.07 Å². The molecule has 0 radical (unpaired) electrons. The van der Waals surface area contributed by atoms with Crippen molar-refractivity contribution in [3.05, 3.63) is 53.6 Å². The molecule has 0 fully saturated rings. The standard InChI is InChI=1S/C20H16N4O5/c1-2-29-20(28)15-16-18(23-13-6-4-3-5-12(13)22-16)24(17(15)21)10-7-8-11(19(26)27)14(25)9-10/h3-9,25H,2,21H2,1H3,(H,26,27)/p-1. The molecule has 2 aromatic carbocycles. The van der Waals surface area contributed by atoms with Gasteiger partial charge in [0.25, 0.3) is 0 Å². The van der Waals surface area contributed by atoms with Crippen LogP contribution in [0.15, 0.2) is 42.5 Å². The zero-order chi connectivity index (χ0) is 20.7. The molecule has 0 saturated heterocycles. The van der Waals surface area contributed by atoms with Crippen molar-refractivity contribution in [2.75, 3.05) is 12.3 Å². The van der Waals surface area contributed by atoms with Crippen LogP contribution in [-0.4, -0.2) is 38.2 Å². The zero-order valence-corrected chi connectivity index (χ0v) is 15.2. The molecule has 0 bridgehead atoms. The summed E-state index contributed by atoms with van der Waals surface area (Å²) >= 11 is 0. The number of nitrogens with zero attached hydrogens (tertiary/aromatic N) is 3. The number of anilines is 1. The third kappa shape index (κ3) is 2.89. The number of carbonyl (C=O) groups is 2. The Kier molecular flexibility index (Phi) is 4.27. The molecule has 0 aliphatic rings. The molecule has 0 saturated carbocycles. The van der Waals surface area contributed by atoms with Crippen molar-refractivity contribution in [1.29, 1.82) is 0 Å². The fraction of sp³-hybridized carbons (Fsp3) is 0.100. The van der Waals surface area contributed by atoms with E-state index in [1.54, 1.807) is 31.2 Å². The van der Waals surface area contributed by atoms with E-state index < -0.39 is 17.7 Å². The summed E-state index contributed by atoms with van der Waals surface area (Å²) in [5, 5.41) is 21.3. The predicted octanol–water partition coefficient (Wildman–Crippen LogP) is 2.10. The molecule has 29 heavy (non-hydrogen) atoms. The summed E-state index contributed by atoms with van der Waals surface area (Å²) in [6, 6.07) is 10.8. The summed E-state index contributed by atoms with van der Waals surface area (Å²) in [7, 11) is 0. The van der Waals surface area contributed by atoms with Gasteiger partial charge in [0.2, 0.25) is 0 Å². The fourth-order valence-electron chi connectivity index (χ4n) is 3.15. The van der Waals surface area contributed by atoms with Crippen molar-refractivity contribution in [2.24, 2.45) is 0 Å². The molecule has 0 atom stereocenters. The zero-order valence-electron chi connectivity index (χ0n) is 15.2. The molecule has 2 aromatic heterocycles. The van der Waals surface area contributed by atoms with Crippen LogP contribution >= 0.6 is 0 Å². The number of carboxylic acid groups (broad SMARTS) is 1. The average Bonchev–Trinajstić information content (AvgIpc) is 2.96. The monoisotopic (exact) mass is 391 g/mol. The number of ether oxygens (including phenoxy) is 1. The van der Waals surface area contributed by atoms with Crippen LogP contribution in [0, 0.1) is 0 Å². The van der Waals surface area contributed by atoms with Gasteiger partial charge in [0.05, 0.1) is 23.2 Å². The molecule has 9 heteroatoms. The first-order chi connectivity index (χ1) is 13.9. The Morgan fingerprint density at radius 1 is 1.17 bits per heavy atom. The summed E-state index contributed by atoms with van der Waals surface area (Å²) < 4.78 is 6.51. The van der Waals surface area contributed by atoms with E-state index in [4.69, 9.17) is 15.6 Å². The Hall–Kier alpha value is -4.14. The van der Waals surface area contributed by atoms with E-state index in [1.165, 1.54) is 16.7 Å². The van der Waals surface area contributed by atoms with Crippen molar-refractivity contribution >= 4 is 40.0 Å². The van der Waals surface area contributed by atoms with Crippen LogP contribution in [-0.2, 0) is 4.74 Å². The van der Waals surface area contributed by atoms with Crippen LogP contribution in [0.1, 0.15) is 27.6 Å². The van der Waals surface area contributed by atoms with Gasteiger partial charge in [0, 0.05) is 5.69 Å². The SMILES string of the molecule is CCOC(=O)c1c(N)n(-c2ccc(C(=O)O)c([O-])c2)c2nc3ccccc3nc12. The number of esters is 1. The van der Waals surface area contributed by atoms with E-state index >= 15 is 0 Å². The second-order valence-corrected chi connectivity index (χ2v) is 6.19. The van der Waals surface area contributed by atoms with Gasteiger partial charge in [-0.05, 0) is 37.3 Å². The normalized spacial score (nSPS) is 11.1. The number of carbonyl (C=O) groups excluding carboxylic acids is 1. The van der Waals surface area contributed by atoms with Gasteiger partial charge in [0.1, 0.15) is 16.9 Å². The maximum Gasteiger partial charge on any atom is 0.344 e. The van der Waals surface area contributed by atoms with E-state index in [9.17, 15) is 14.7 Å². The minimum Gasteiger partial charge on any atom is -0.872 e. The maximum absolute atomic E-state index is 12.5. The lowest BCUT2D eigenvalue weighted by Gasteiger charge is -2.14. The van der Waals surface area contributed by atoms with E-state index in [2.05, 4.69) is 9.97 Å². The van der Waals surface area contributed by atoms with Gasteiger partial charge in [-0.2, -0.15) is 0 Å². The van der Waals surface area contributed by atoms with Gasteiger partial charge in [-0.15, -0.1) is 0 Å². The number of para-hydroxylation sites is 2. The Bertz CT molecular complexity index is 1300. The molecular formula is C20H15N4O5-. The Labute approximate surface area is 164 Å². The average molecular weight is 391 g/mol. The minimum atomic E-state index is -1.33. The van der Waals surface area contributed by atoms with Gasteiger partial charge < -0.3 is 20.7 Å². The number of rotatable bonds is 4. The number of hydrogen-bond donors (Lipinski definition) is 2. The van der Waals surface area contributed by atoms with E-state index in [-0.39, 0.29) is 40.4 Å².